The van der Waals surface area contributed by atoms with Gasteiger partial charge in [-0.25, -0.2) is 9.50 Å². The third-order valence-electron chi connectivity index (χ3n) is 3.91. The first kappa shape index (κ1) is 15.1. The first-order chi connectivity index (χ1) is 10.9. The molecule has 0 unspecified atom stereocenters. The van der Waals surface area contributed by atoms with Crippen LogP contribution in [0.3, 0.4) is 0 Å². The average Bonchev–Trinajstić information content (AvgIpc) is 3.04. The van der Waals surface area contributed by atoms with Crippen LogP contribution in [0.15, 0.2) is 12.3 Å². The molecule has 3 aromatic heterocycles. The summed E-state index contributed by atoms with van der Waals surface area (Å²) in [6.07, 6.45) is 1.76. The molecular formula is C15H19N7O. The van der Waals surface area contributed by atoms with Gasteiger partial charge in [-0.3, -0.25) is 9.48 Å². The predicted molar refractivity (Wildman–Crippen MR) is 84.1 cm³/mol. The Bertz CT molecular complexity index is 893. The Morgan fingerprint density at radius 2 is 2.00 bits per heavy atom. The van der Waals surface area contributed by atoms with E-state index in [4.69, 9.17) is 0 Å². The Balaban J connectivity index is 1.86. The van der Waals surface area contributed by atoms with Crippen molar-refractivity contribution in [2.75, 3.05) is 0 Å². The van der Waals surface area contributed by atoms with Gasteiger partial charge in [0, 0.05) is 29.7 Å². The minimum Gasteiger partial charge on any atom is -0.343 e. The molecule has 1 amide bonds. The number of aryl methyl sites for hydroxylation is 3. The summed E-state index contributed by atoms with van der Waals surface area (Å²) >= 11 is 0. The van der Waals surface area contributed by atoms with Gasteiger partial charge in [0.2, 0.25) is 5.82 Å². The van der Waals surface area contributed by atoms with E-state index >= 15 is 0 Å². The maximum Gasteiger partial charge on any atom is 0.291 e. The van der Waals surface area contributed by atoms with Crippen molar-refractivity contribution in [3.8, 4) is 0 Å². The molecule has 0 saturated carbocycles. The van der Waals surface area contributed by atoms with Crippen LogP contribution in [0.4, 0.5) is 0 Å². The van der Waals surface area contributed by atoms with E-state index in [1.165, 1.54) is 0 Å². The zero-order valence-electron chi connectivity index (χ0n) is 13.8. The molecule has 3 rings (SSSR count). The highest BCUT2D eigenvalue weighted by Crippen LogP contribution is 2.16. The Hall–Kier alpha value is -2.77. The Morgan fingerprint density at radius 3 is 2.65 bits per heavy atom. The summed E-state index contributed by atoms with van der Waals surface area (Å²) in [6, 6.07) is 1.71. The number of carbonyl (C=O) groups is 1. The second-order valence-electron chi connectivity index (χ2n) is 5.69. The molecule has 23 heavy (non-hydrogen) atoms. The molecule has 0 aliphatic carbocycles. The lowest BCUT2D eigenvalue weighted by Crippen LogP contribution is -2.28. The summed E-state index contributed by atoms with van der Waals surface area (Å²) in [4.78, 5) is 20.9. The van der Waals surface area contributed by atoms with Crippen LogP contribution in [0.5, 0.6) is 0 Å². The van der Waals surface area contributed by atoms with Crippen molar-refractivity contribution in [3.05, 3.63) is 40.7 Å². The number of rotatable bonds is 3. The van der Waals surface area contributed by atoms with Crippen LogP contribution in [-0.4, -0.2) is 35.3 Å². The van der Waals surface area contributed by atoms with E-state index in [1.807, 2.05) is 40.8 Å². The van der Waals surface area contributed by atoms with E-state index in [0.717, 1.165) is 22.6 Å². The van der Waals surface area contributed by atoms with Crippen molar-refractivity contribution in [3.63, 3.8) is 0 Å². The van der Waals surface area contributed by atoms with E-state index < -0.39 is 0 Å². The highest BCUT2D eigenvalue weighted by molar-refractivity contribution is 5.91. The summed E-state index contributed by atoms with van der Waals surface area (Å²) in [5.41, 5.74) is 3.70. The molecule has 0 aliphatic heterocycles. The fourth-order valence-corrected chi connectivity index (χ4v) is 2.54. The van der Waals surface area contributed by atoms with Gasteiger partial charge in [-0.1, -0.05) is 0 Å². The smallest absolute Gasteiger partial charge is 0.291 e. The van der Waals surface area contributed by atoms with E-state index in [0.29, 0.717) is 5.78 Å². The largest absolute Gasteiger partial charge is 0.343 e. The summed E-state index contributed by atoms with van der Waals surface area (Å²) in [5, 5.41) is 11.3. The van der Waals surface area contributed by atoms with Crippen molar-refractivity contribution in [1.82, 2.24) is 34.7 Å². The Morgan fingerprint density at radius 1 is 1.26 bits per heavy atom. The summed E-state index contributed by atoms with van der Waals surface area (Å²) in [6.45, 7) is 7.66. The number of hydrogen-bond donors (Lipinski definition) is 1. The molecule has 0 radical (unpaired) electrons. The predicted octanol–water partition coefficient (Wildman–Crippen LogP) is 1.27. The van der Waals surface area contributed by atoms with E-state index in [2.05, 4.69) is 25.5 Å². The highest BCUT2D eigenvalue weighted by Gasteiger charge is 2.19. The molecule has 0 saturated heterocycles. The summed E-state index contributed by atoms with van der Waals surface area (Å²) < 4.78 is 3.35. The molecule has 1 atom stereocenters. The number of amides is 1. The SMILES string of the molecule is Cc1cc(C)n2nc(C(=O)N[C@@H](C)c3cnn(C)c3C)nc2n1. The normalized spacial score (nSPS) is 12.6. The number of aromatic nitrogens is 6. The van der Waals surface area contributed by atoms with Gasteiger partial charge in [0.05, 0.1) is 12.2 Å². The third-order valence-corrected chi connectivity index (χ3v) is 3.91. The fraction of sp³-hybridized carbons (Fsp3) is 0.400. The van der Waals surface area contributed by atoms with Gasteiger partial charge in [-0.2, -0.15) is 10.1 Å². The summed E-state index contributed by atoms with van der Waals surface area (Å²) in [5.74, 6) is 0.209. The number of nitrogens with one attached hydrogen (secondary N) is 1. The van der Waals surface area contributed by atoms with Crippen molar-refractivity contribution in [1.29, 1.82) is 0 Å². The van der Waals surface area contributed by atoms with Gasteiger partial charge in [0.1, 0.15) is 0 Å². The third kappa shape index (κ3) is 2.67. The maximum absolute atomic E-state index is 12.4. The lowest BCUT2D eigenvalue weighted by atomic mass is 10.1. The molecule has 0 aromatic carbocycles. The van der Waals surface area contributed by atoms with Crippen molar-refractivity contribution < 1.29 is 4.79 Å². The molecule has 3 heterocycles. The van der Waals surface area contributed by atoms with E-state index in [-0.39, 0.29) is 17.8 Å². The monoisotopic (exact) mass is 313 g/mol. The maximum atomic E-state index is 12.4. The quantitative estimate of drug-likeness (QED) is 0.786. The van der Waals surface area contributed by atoms with Gasteiger partial charge in [0.25, 0.3) is 11.7 Å². The molecule has 1 N–H and O–H groups in total. The first-order valence-electron chi connectivity index (χ1n) is 7.37. The number of hydrogen-bond acceptors (Lipinski definition) is 5. The van der Waals surface area contributed by atoms with Crippen LogP contribution >= 0.6 is 0 Å². The minimum atomic E-state index is -0.330. The molecule has 8 nitrogen and oxygen atoms in total. The molecule has 3 aromatic rings. The van der Waals surface area contributed by atoms with Gasteiger partial charge >= 0.3 is 0 Å². The van der Waals surface area contributed by atoms with Gasteiger partial charge in [-0.05, 0) is 33.8 Å². The second-order valence-corrected chi connectivity index (χ2v) is 5.69. The average molecular weight is 313 g/mol. The number of fused-ring (bicyclic) bond motifs is 1. The number of nitrogens with zero attached hydrogens (tertiary/aromatic N) is 6. The van der Waals surface area contributed by atoms with Gasteiger partial charge in [0.15, 0.2) is 0 Å². The zero-order valence-corrected chi connectivity index (χ0v) is 13.8. The van der Waals surface area contributed by atoms with Crippen LogP contribution in [0, 0.1) is 20.8 Å². The van der Waals surface area contributed by atoms with E-state index in [1.54, 1.807) is 15.4 Å². The molecule has 8 heteroatoms. The van der Waals surface area contributed by atoms with Crippen LogP contribution in [0.1, 0.15) is 46.2 Å². The van der Waals surface area contributed by atoms with Crippen molar-refractivity contribution >= 4 is 11.7 Å². The Kier molecular flexibility index (Phi) is 3.59. The van der Waals surface area contributed by atoms with Crippen molar-refractivity contribution in [2.24, 2.45) is 7.05 Å². The van der Waals surface area contributed by atoms with Crippen LogP contribution in [0.25, 0.3) is 5.78 Å². The van der Waals surface area contributed by atoms with Crippen LogP contribution in [-0.2, 0) is 7.05 Å². The molecule has 0 aliphatic rings. The van der Waals surface area contributed by atoms with Crippen molar-refractivity contribution in [2.45, 2.75) is 33.7 Å². The molecular weight excluding hydrogens is 294 g/mol. The van der Waals surface area contributed by atoms with Crippen LogP contribution in [0.2, 0.25) is 0 Å². The zero-order chi connectivity index (χ0) is 16.7. The second kappa shape index (κ2) is 5.45. The standard InChI is InChI=1S/C15H19N7O/c1-8-6-9(2)22-15(17-8)19-13(20-22)14(23)18-10(3)12-7-16-21(5)11(12)4/h6-7,10H,1-5H3,(H,18,23)/t10-/m0/s1. The van der Waals surface area contributed by atoms with Gasteiger partial charge < -0.3 is 5.32 Å². The highest BCUT2D eigenvalue weighted by atomic mass is 16.2. The van der Waals surface area contributed by atoms with Crippen LogP contribution < -0.4 is 5.32 Å². The van der Waals surface area contributed by atoms with E-state index in [9.17, 15) is 4.79 Å². The first-order valence-corrected chi connectivity index (χ1v) is 7.37. The topological polar surface area (TPSA) is 90.0 Å². The lowest BCUT2D eigenvalue weighted by molar-refractivity contribution is 0.0929. The fourth-order valence-electron chi connectivity index (χ4n) is 2.54. The molecule has 0 fully saturated rings. The summed E-state index contributed by atoms with van der Waals surface area (Å²) in [7, 11) is 1.87. The minimum absolute atomic E-state index is 0.111. The lowest BCUT2D eigenvalue weighted by Gasteiger charge is -2.12. The molecule has 0 spiro atoms. The number of carbonyl (C=O) groups excluding carboxylic acids is 1. The molecule has 0 bridgehead atoms. The molecule has 120 valence electrons. The van der Waals surface area contributed by atoms with Gasteiger partial charge in [-0.15, -0.1) is 5.10 Å². The Labute approximate surface area is 133 Å².